The van der Waals surface area contributed by atoms with Crippen LogP contribution in [0.5, 0.6) is 0 Å². The first kappa shape index (κ1) is 22.7. The number of aromatic nitrogens is 1. The van der Waals surface area contributed by atoms with Crippen molar-refractivity contribution in [2.45, 2.75) is 83.8 Å². The molecule has 5 rings (SSSR count). The standard InChI is InChI=1S/C29H35N3O2/c1-20-12-11-17-24(21(20)2)32-27(33)26-18-22-13-9-10-16-25(22)31(26)19-29(32,3)28(34)30-23-14-7-5-4-6-8-15-23/h9-13,16-18,23H,4-8,14-15,19H2,1-3H3,(H,30,34)/t29-/m1/s1. The van der Waals surface area contributed by atoms with Gasteiger partial charge in [0.15, 0.2) is 0 Å². The molecule has 1 aromatic heterocycles. The first-order chi connectivity index (χ1) is 16.4. The molecule has 5 heteroatoms. The predicted octanol–water partition coefficient (Wildman–Crippen LogP) is 5.91. The van der Waals surface area contributed by atoms with Crippen LogP contribution in [0.4, 0.5) is 5.69 Å². The van der Waals surface area contributed by atoms with Gasteiger partial charge >= 0.3 is 0 Å². The SMILES string of the molecule is Cc1cccc(N2C(=O)c3cc4ccccc4n3C[C@]2(C)C(=O)NC2CCCCCCC2)c1C. The van der Waals surface area contributed by atoms with Gasteiger partial charge in [-0.3, -0.25) is 14.5 Å². The number of fused-ring (bicyclic) bond motifs is 3. The van der Waals surface area contributed by atoms with Crippen LogP contribution in [0.1, 0.15) is 73.5 Å². The first-order valence-electron chi connectivity index (χ1n) is 12.7. The minimum Gasteiger partial charge on any atom is -0.351 e. The van der Waals surface area contributed by atoms with Crippen molar-refractivity contribution < 1.29 is 9.59 Å². The molecule has 5 nitrogen and oxygen atoms in total. The molecule has 1 saturated carbocycles. The van der Waals surface area contributed by atoms with Gasteiger partial charge in [0, 0.05) is 22.6 Å². The van der Waals surface area contributed by atoms with E-state index >= 15 is 0 Å². The van der Waals surface area contributed by atoms with Crippen LogP contribution in [-0.2, 0) is 11.3 Å². The smallest absolute Gasteiger partial charge is 0.275 e. The lowest BCUT2D eigenvalue weighted by molar-refractivity contribution is -0.127. The number of carbonyl (C=O) groups excluding carboxylic acids is 2. The number of rotatable bonds is 3. The Morgan fingerprint density at radius 2 is 1.68 bits per heavy atom. The maximum Gasteiger partial charge on any atom is 0.275 e. The highest BCUT2D eigenvalue weighted by molar-refractivity contribution is 6.14. The second-order valence-electron chi connectivity index (χ2n) is 10.3. The molecule has 0 saturated heterocycles. The molecule has 2 amide bonds. The molecule has 1 fully saturated rings. The lowest BCUT2D eigenvalue weighted by Gasteiger charge is -2.45. The quantitative estimate of drug-likeness (QED) is 0.532. The molecule has 2 aliphatic rings. The summed E-state index contributed by atoms with van der Waals surface area (Å²) in [4.78, 5) is 29.9. The maximum absolute atomic E-state index is 14.1. The Balaban J connectivity index is 1.60. The summed E-state index contributed by atoms with van der Waals surface area (Å²) in [6.45, 7) is 6.45. The topological polar surface area (TPSA) is 54.3 Å². The number of hydrogen-bond acceptors (Lipinski definition) is 2. The van der Waals surface area contributed by atoms with E-state index in [0.29, 0.717) is 12.2 Å². The van der Waals surface area contributed by atoms with E-state index < -0.39 is 5.54 Å². The van der Waals surface area contributed by atoms with Gasteiger partial charge in [-0.15, -0.1) is 0 Å². The third-order valence-corrected chi connectivity index (χ3v) is 7.94. The van der Waals surface area contributed by atoms with Crippen molar-refractivity contribution in [2.75, 3.05) is 4.90 Å². The molecule has 178 valence electrons. The van der Waals surface area contributed by atoms with Gasteiger partial charge in [0.2, 0.25) is 5.91 Å². The van der Waals surface area contributed by atoms with Gasteiger partial charge in [-0.1, -0.05) is 62.4 Å². The van der Waals surface area contributed by atoms with Crippen molar-refractivity contribution in [2.24, 2.45) is 0 Å². The normalized spacial score (nSPS) is 21.7. The van der Waals surface area contributed by atoms with E-state index in [2.05, 4.69) is 18.3 Å². The van der Waals surface area contributed by atoms with Crippen LogP contribution in [0.15, 0.2) is 48.5 Å². The van der Waals surface area contributed by atoms with Crippen LogP contribution >= 0.6 is 0 Å². The molecule has 0 spiro atoms. The van der Waals surface area contributed by atoms with Crippen molar-refractivity contribution in [1.82, 2.24) is 9.88 Å². The predicted molar refractivity (Wildman–Crippen MR) is 137 cm³/mol. The Labute approximate surface area is 202 Å². The van der Waals surface area contributed by atoms with Gasteiger partial charge in [-0.05, 0) is 62.9 Å². The molecule has 1 aliphatic heterocycles. The molecular formula is C29H35N3O2. The fraction of sp³-hybridized carbons (Fsp3) is 0.448. The molecule has 34 heavy (non-hydrogen) atoms. The van der Waals surface area contributed by atoms with Crippen molar-refractivity contribution >= 4 is 28.4 Å². The summed E-state index contributed by atoms with van der Waals surface area (Å²) in [5.74, 6) is -0.178. The summed E-state index contributed by atoms with van der Waals surface area (Å²) in [5.41, 5.74) is 3.56. The van der Waals surface area contributed by atoms with Gasteiger partial charge in [-0.2, -0.15) is 0 Å². The minimum atomic E-state index is -1.03. The molecule has 2 aromatic carbocycles. The van der Waals surface area contributed by atoms with Gasteiger partial charge in [0.05, 0.1) is 6.54 Å². The Kier molecular flexibility index (Phi) is 5.97. The van der Waals surface area contributed by atoms with Gasteiger partial charge in [0.25, 0.3) is 5.91 Å². The molecule has 0 radical (unpaired) electrons. The third-order valence-electron chi connectivity index (χ3n) is 7.94. The number of amides is 2. The molecular weight excluding hydrogens is 422 g/mol. The second-order valence-corrected chi connectivity index (χ2v) is 10.3. The Morgan fingerprint density at radius 1 is 0.971 bits per heavy atom. The largest absolute Gasteiger partial charge is 0.351 e. The van der Waals surface area contributed by atoms with Crippen molar-refractivity contribution in [3.8, 4) is 0 Å². The van der Waals surface area contributed by atoms with E-state index in [1.807, 2.05) is 60.9 Å². The van der Waals surface area contributed by atoms with Crippen molar-refractivity contribution in [3.63, 3.8) is 0 Å². The summed E-state index contributed by atoms with van der Waals surface area (Å²) < 4.78 is 2.04. The third kappa shape index (κ3) is 3.81. The summed E-state index contributed by atoms with van der Waals surface area (Å²) in [7, 11) is 0. The van der Waals surface area contributed by atoms with Crippen LogP contribution in [0, 0.1) is 13.8 Å². The number of hydrogen-bond donors (Lipinski definition) is 1. The average molecular weight is 458 g/mol. The summed E-state index contributed by atoms with van der Waals surface area (Å²) in [5, 5.41) is 4.40. The van der Waals surface area contributed by atoms with Gasteiger partial charge in [-0.25, -0.2) is 0 Å². The first-order valence-corrected chi connectivity index (χ1v) is 12.7. The van der Waals surface area contributed by atoms with Crippen LogP contribution in [0.25, 0.3) is 10.9 Å². The minimum absolute atomic E-state index is 0.0595. The lowest BCUT2D eigenvalue weighted by Crippen LogP contribution is -2.65. The molecule has 0 unspecified atom stereocenters. The fourth-order valence-electron chi connectivity index (χ4n) is 5.74. The van der Waals surface area contributed by atoms with E-state index in [1.165, 1.54) is 19.3 Å². The summed E-state index contributed by atoms with van der Waals surface area (Å²) in [6.07, 6.45) is 8.07. The van der Waals surface area contributed by atoms with Crippen LogP contribution < -0.4 is 10.2 Å². The molecule has 2 heterocycles. The number of benzene rings is 2. The van der Waals surface area contributed by atoms with Crippen LogP contribution in [0.3, 0.4) is 0 Å². The zero-order chi connectivity index (χ0) is 23.9. The van der Waals surface area contributed by atoms with Crippen molar-refractivity contribution in [1.29, 1.82) is 0 Å². The van der Waals surface area contributed by atoms with E-state index in [1.54, 1.807) is 4.90 Å². The van der Waals surface area contributed by atoms with E-state index in [9.17, 15) is 9.59 Å². The highest BCUT2D eigenvalue weighted by atomic mass is 16.2. The maximum atomic E-state index is 14.1. The highest BCUT2D eigenvalue weighted by Gasteiger charge is 2.49. The second kappa shape index (κ2) is 8.94. The molecule has 1 atom stereocenters. The average Bonchev–Trinajstić information content (AvgIpc) is 3.17. The number of aryl methyl sites for hydroxylation is 1. The van der Waals surface area contributed by atoms with Crippen LogP contribution in [-0.4, -0.2) is 28.0 Å². The molecule has 0 bridgehead atoms. The zero-order valence-electron chi connectivity index (χ0n) is 20.6. The summed E-state index contributed by atoms with van der Waals surface area (Å²) in [6, 6.07) is 16.2. The number of nitrogens with zero attached hydrogens (tertiary/aromatic N) is 2. The van der Waals surface area contributed by atoms with Gasteiger partial charge < -0.3 is 9.88 Å². The molecule has 1 N–H and O–H groups in total. The lowest BCUT2D eigenvalue weighted by atomic mass is 9.90. The number of nitrogens with one attached hydrogen (secondary N) is 1. The van der Waals surface area contributed by atoms with E-state index in [0.717, 1.165) is 53.4 Å². The van der Waals surface area contributed by atoms with Crippen molar-refractivity contribution in [3.05, 3.63) is 65.4 Å². The monoisotopic (exact) mass is 457 g/mol. The Morgan fingerprint density at radius 3 is 2.44 bits per heavy atom. The number of carbonyl (C=O) groups is 2. The summed E-state index contributed by atoms with van der Waals surface area (Å²) >= 11 is 0. The molecule has 1 aliphatic carbocycles. The Bertz CT molecular complexity index is 1240. The molecule has 3 aromatic rings. The van der Waals surface area contributed by atoms with E-state index in [4.69, 9.17) is 0 Å². The van der Waals surface area contributed by atoms with E-state index in [-0.39, 0.29) is 17.9 Å². The fourth-order valence-corrected chi connectivity index (χ4v) is 5.74. The Hall–Kier alpha value is -3.08. The number of anilines is 1. The van der Waals surface area contributed by atoms with Crippen LogP contribution in [0.2, 0.25) is 0 Å². The number of para-hydroxylation sites is 1. The zero-order valence-corrected chi connectivity index (χ0v) is 20.6. The van der Waals surface area contributed by atoms with Gasteiger partial charge in [0.1, 0.15) is 11.2 Å². The highest BCUT2D eigenvalue weighted by Crippen LogP contribution is 2.38.